The van der Waals surface area contributed by atoms with Crippen LogP contribution in [0.3, 0.4) is 0 Å². The van der Waals surface area contributed by atoms with E-state index in [2.05, 4.69) is 9.97 Å². The normalized spacial score (nSPS) is 10.5. The van der Waals surface area contributed by atoms with Crippen molar-refractivity contribution in [2.45, 2.75) is 6.92 Å². The first-order chi connectivity index (χ1) is 8.00. The number of aromatic carboxylic acids is 1. The molecule has 1 heterocycles. The summed E-state index contributed by atoms with van der Waals surface area (Å²) in [5.74, 6) is -3.19. The molecule has 0 aliphatic carbocycles. The van der Waals surface area contributed by atoms with Crippen molar-refractivity contribution in [3.05, 3.63) is 41.4 Å². The Morgan fingerprint density at radius 3 is 2.41 bits per heavy atom. The van der Waals surface area contributed by atoms with Gasteiger partial charge < -0.3 is 10.1 Å². The van der Waals surface area contributed by atoms with E-state index < -0.39 is 17.6 Å². The summed E-state index contributed by atoms with van der Waals surface area (Å²) in [4.78, 5) is 16.8. The number of aryl methyl sites for hydroxylation is 1. The quantitative estimate of drug-likeness (QED) is 0.844. The number of nitrogens with one attached hydrogen (secondary N) is 1. The molecular weight excluding hydrogens is 230 g/mol. The molecule has 0 unspecified atom stereocenters. The van der Waals surface area contributed by atoms with Crippen LogP contribution in [-0.2, 0) is 0 Å². The Labute approximate surface area is 94.9 Å². The van der Waals surface area contributed by atoms with Crippen molar-refractivity contribution in [1.82, 2.24) is 9.97 Å². The fraction of sp³-hybridized carbons (Fsp3) is 0.0909. The van der Waals surface area contributed by atoms with E-state index in [0.29, 0.717) is 5.69 Å². The van der Waals surface area contributed by atoms with Gasteiger partial charge in [-0.15, -0.1) is 0 Å². The molecule has 0 radical (unpaired) electrons. The number of imidazole rings is 1. The molecule has 1 aromatic carbocycles. The van der Waals surface area contributed by atoms with Crippen LogP contribution in [0.15, 0.2) is 18.2 Å². The molecule has 0 fully saturated rings. The number of carbonyl (C=O) groups is 1. The van der Waals surface area contributed by atoms with E-state index in [1.165, 1.54) is 13.0 Å². The number of aromatic nitrogens is 2. The summed E-state index contributed by atoms with van der Waals surface area (Å²) in [5.41, 5.74) is -0.0573. The topological polar surface area (TPSA) is 66.0 Å². The minimum absolute atomic E-state index is 0.0296. The standard InChI is InChI=1S/C11H8F2N2O2/c1-5-9(15-10(14-5)11(16)17)8-6(12)3-2-4-7(8)13/h2-4H,1H3,(H,14,15)(H,16,17). The predicted molar refractivity (Wildman–Crippen MR) is 55.6 cm³/mol. The molecule has 0 saturated carbocycles. The maximum Gasteiger partial charge on any atom is 0.371 e. The molecule has 0 amide bonds. The summed E-state index contributed by atoms with van der Waals surface area (Å²) >= 11 is 0. The lowest BCUT2D eigenvalue weighted by Gasteiger charge is -2.01. The number of aromatic amines is 1. The third-order valence-electron chi connectivity index (χ3n) is 2.29. The lowest BCUT2D eigenvalue weighted by atomic mass is 10.1. The predicted octanol–water partition coefficient (Wildman–Crippen LogP) is 2.36. The number of hydrogen-bond acceptors (Lipinski definition) is 2. The average Bonchev–Trinajstić information content (AvgIpc) is 2.61. The van der Waals surface area contributed by atoms with Gasteiger partial charge in [0.2, 0.25) is 5.82 Å². The van der Waals surface area contributed by atoms with E-state index in [9.17, 15) is 13.6 Å². The van der Waals surface area contributed by atoms with Gasteiger partial charge in [0.05, 0.1) is 11.3 Å². The number of benzene rings is 1. The second kappa shape index (κ2) is 3.97. The molecule has 2 aromatic rings. The Morgan fingerprint density at radius 1 is 1.35 bits per heavy atom. The molecule has 0 bridgehead atoms. The van der Waals surface area contributed by atoms with Crippen LogP contribution in [0.2, 0.25) is 0 Å². The van der Waals surface area contributed by atoms with Crippen LogP contribution in [0, 0.1) is 18.6 Å². The molecule has 0 spiro atoms. The van der Waals surface area contributed by atoms with E-state index in [0.717, 1.165) is 12.1 Å². The number of H-pyrrole nitrogens is 1. The van der Waals surface area contributed by atoms with Crippen molar-refractivity contribution in [1.29, 1.82) is 0 Å². The van der Waals surface area contributed by atoms with E-state index in [1.54, 1.807) is 0 Å². The smallest absolute Gasteiger partial charge is 0.371 e. The van der Waals surface area contributed by atoms with Gasteiger partial charge in [-0.25, -0.2) is 18.6 Å². The number of halogens is 2. The second-order valence-electron chi connectivity index (χ2n) is 3.46. The van der Waals surface area contributed by atoms with Gasteiger partial charge in [0.1, 0.15) is 11.6 Å². The van der Waals surface area contributed by atoms with Crippen LogP contribution in [0.4, 0.5) is 8.78 Å². The van der Waals surface area contributed by atoms with E-state index in [4.69, 9.17) is 5.11 Å². The van der Waals surface area contributed by atoms with Gasteiger partial charge in [0.25, 0.3) is 0 Å². The lowest BCUT2D eigenvalue weighted by Crippen LogP contribution is -1.98. The van der Waals surface area contributed by atoms with Gasteiger partial charge in [-0.2, -0.15) is 0 Å². The van der Waals surface area contributed by atoms with Gasteiger partial charge in [-0.05, 0) is 19.1 Å². The Balaban J connectivity index is 2.64. The highest BCUT2D eigenvalue weighted by Gasteiger charge is 2.19. The highest BCUT2D eigenvalue weighted by Crippen LogP contribution is 2.26. The molecule has 0 atom stereocenters. The first kappa shape index (κ1) is 11.3. The summed E-state index contributed by atoms with van der Waals surface area (Å²) in [6.45, 7) is 1.50. The zero-order valence-electron chi connectivity index (χ0n) is 8.79. The first-order valence-electron chi connectivity index (χ1n) is 4.75. The maximum absolute atomic E-state index is 13.5. The highest BCUT2D eigenvalue weighted by atomic mass is 19.1. The minimum Gasteiger partial charge on any atom is -0.475 e. The van der Waals surface area contributed by atoms with E-state index in [-0.39, 0.29) is 17.1 Å². The zero-order chi connectivity index (χ0) is 12.6. The van der Waals surface area contributed by atoms with Gasteiger partial charge >= 0.3 is 5.97 Å². The molecule has 6 heteroatoms. The fourth-order valence-corrected chi connectivity index (χ4v) is 1.53. The largest absolute Gasteiger partial charge is 0.475 e. The molecule has 4 nitrogen and oxygen atoms in total. The van der Waals surface area contributed by atoms with E-state index in [1.807, 2.05) is 0 Å². The third-order valence-corrected chi connectivity index (χ3v) is 2.29. The van der Waals surface area contributed by atoms with Crippen molar-refractivity contribution in [3.8, 4) is 11.3 Å². The maximum atomic E-state index is 13.5. The Bertz CT molecular complexity index is 573. The summed E-state index contributed by atoms with van der Waals surface area (Å²) < 4.78 is 27.0. The molecule has 0 aliphatic heterocycles. The van der Waals surface area contributed by atoms with Crippen LogP contribution in [0.5, 0.6) is 0 Å². The summed E-state index contributed by atoms with van der Waals surface area (Å²) in [6, 6.07) is 3.41. The molecule has 0 saturated heterocycles. The molecule has 1 aromatic heterocycles. The number of carboxylic acids is 1. The fourth-order valence-electron chi connectivity index (χ4n) is 1.53. The summed E-state index contributed by atoms with van der Waals surface area (Å²) in [6.07, 6.45) is 0. The average molecular weight is 238 g/mol. The zero-order valence-corrected chi connectivity index (χ0v) is 8.79. The summed E-state index contributed by atoms with van der Waals surface area (Å²) in [5, 5.41) is 8.73. The number of nitrogens with zero attached hydrogens (tertiary/aromatic N) is 1. The van der Waals surface area contributed by atoms with Crippen molar-refractivity contribution < 1.29 is 18.7 Å². The third kappa shape index (κ3) is 1.89. The number of carboxylic acid groups (broad SMARTS) is 1. The lowest BCUT2D eigenvalue weighted by molar-refractivity contribution is 0.0684. The molecule has 2 rings (SSSR count). The minimum atomic E-state index is -1.28. The van der Waals surface area contributed by atoms with Crippen molar-refractivity contribution in [2.24, 2.45) is 0 Å². The summed E-state index contributed by atoms with van der Waals surface area (Å²) in [7, 11) is 0. The van der Waals surface area contributed by atoms with Crippen LogP contribution >= 0.6 is 0 Å². The SMILES string of the molecule is Cc1[nH]c(C(=O)O)nc1-c1c(F)cccc1F. The molecule has 2 N–H and O–H groups in total. The first-order valence-corrected chi connectivity index (χ1v) is 4.75. The van der Waals surface area contributed by atoms with Crippen LogP contribution < -0.4 is 0 Å². The van der Waals surface area contributed by atoms with Crippen LogP contribution in [0.25, 0.3) is 11.3 Å². The monoisotopic (exact) mass is 238 g/mol. The Kier molecular flexibility index (Phi) is 2.63. The molecular formula is C11H8F2N2O2. The molecule has 0 aliphatic rings. The van der Waals surface area contributed by atoms with E-state index >= 15 is 0 Å². The van der Waals surface area contributed by atoms with Gasteiger partial charge in [-0.3, -0.25) is 0 Å². The molecule has 17 heavy (non-hydrogen) atoms. The number of hydrogen-bond donors (Lipinski definition) is 2. The Morgan fingerprint density at radius 2 is 1.94 bits per heavy atom. The highest BCUT2D eigenvalue weighted by molar-refractivity contribution is 5.84. The Hall–Kier alpha value is -2.24. The molecule has 88 valence electrons. The van der Waals surface area contributed by atoms with Crippen LogP contribution in [-0.4, -0.2) is 21.0 Å². The van der Waals surface area contributed by atoms with Crippen molar-refractivity contribution in [3.63, 3.8) is 0 Å². The van der Waals surface area contributed by atoms with Crippen LogP contribution in [0.1, 0.15) is 16.3 Å². The van der Waals surface area contributed by atoms with Crippen molar-refractivity contribution >= 4 is 5.97 Å². The number of rotatable bonds is 2. The second-order valence-corrected chi connectivity index (χ2v) is 3.46. The van der Waals surface area contributed by atoms with Gasteiger partial charge in [0, 0.05) is 5.69 Å². The van der Waals surface area contributed by atoms with Gasteiger partial charge in [-0.1, -0.05) is 6.07 Å². The van der Waals surface area contributed by atoms with Crippen molar-refractivity contribution in [2.75, 3.05) is 0 Å². The van der Waals surface area contributed by atoms with Gasteiger partial charge in [0.15, 0.2) is 0 Å².